The van der Waals surface area contributed by atoms with E-state index in [1.165, 1.54) is 6.42 Å². The van der Waals surface area contributed by atoms with Gasteiger partial charge in [0.05, 0.1) is 6.61 Å². The van der Waals surface area contributed by atoms with Crippen LogP contribution in [-0.2, 0) is 0 Å². The number of hydrogen-bond acceptors (Lipinski definition) is 3. The summed E-state index contributed by atoms with van der Waals surface area (Å²) in [6.07, 6.45) is 5.64. The summed E-state index contributed by atoms with van der Waals surface area (Å²) in [7, 11) is 0. The van der Waals surface area contributed by atoms with Gasteiger partial charge in [0.25, 0.3) is 5.91 Å². The Bertz CT molecular complexity index is 393. The Morgan fingerprint density at radius 3 is 2.67 bits per heavy atom. The van der Waals surface area contributed by atoms with Crippen LogP contribution in [0.25, 0.3) is 0 Å². The molecule has 2 rings (SSSR count). The fourth-order valence-electron chi connectivity index (χ4n) is 2.64. The molecule has 1 N–H and O–H groups in total. The average Bonchev–Trinajstić information content (AvgIpc) is 2.83. The van der Waals surface area contributed by atoms with Gasteiger partial charge >= 0.3 is 0 Å². The maximum Gasteiger partial charge on any atom is 0.289 e. The zero-order valence-electron chi connectivity index (χ0n) is 10.9. The molecule has 1 amide bonds. The topological polar surface area (TPSA) is 53.7 Å². The molecule has 100 valence electrons. The maximum absolute atomic E-state index is 12.4. The molecule has 1 aromatic rings. The second-order valence-corrected chi connectivity index (χ2v) is 4.92. The number of carbonyl (C=O) groups is 1. The van der Waals surface area contributed by atoms with Gasteiger partial charge in [0.15, 0.2) is 5.76 Å². The number of rotatable bonds is 4. The van der Waals surface area contributed by atoms with Crippen molar-refractivity contribution in [2.75, 3.05) is 13.2 Å². The number of amides is 1. The molecule has 18 heavy (non-hydrogen) atoms. The fourth-order valence-corrected chi connectivity index (χ4v) is 2.64. The van der Waals surface area contributed by atoms with Crippen LogP contribution in [0.1, 0.15) is 48.4 Å². The van der Waals surface area contributed by atoms with Crippen LogP contribution < -0.4 is 0 Å². The zero-order valence-corrected chi connectivity index (χ0v) is 10.9. The highest BCUT2D eigenvalue weighted by Gasteiger charge is 2.27. The smallest absolute Gasteiger partial charge is 0.289 e. The van der Waals surface area contributed by atoms with Crippen LogP contribution in [0.5, 0.6) is 0 Å². The molecule has 0 atom stereocenters. The number of aryl methyl sites for hydroxylation is 1. The zero-order chi connectivity index (χ0) is 13.0. The lowest BCUT2D eigenvalue weighted by atomic mass is 9.94. The molecule has 4 heteroatoms. The first kappa shape index (κ1) is 13.1. The van der Waals surface area contributed by atoms with Crippen molar-refractivity contribution < 1.29 is 14.3 Å². The molecule has 1 aromatic heterocycles. The van der Waals surface area contributed by atoms with Crippen molar-refractivity contribution in [3.63, 3.8) is 0 Å². The fraction of sp³-hybridized carbons (Fsp3) is 0.643. The van der Waals surface area contributed by atoms with E-state index >= 15 is 0 Å². The van der Waals surface area contributed by atoms with E-state index in [9.17, 15) is 4.79 Å². The van der Waals surface area contributed by atoms with E-state index in [0.29, 0.717) is 12.3 Å². The third-order valence-corrected chi connectivity index (χ3v) is 3.57. The van der Waals surface area contributed by atoms with Gasteiger partial charge in [-0.1, -0.05) is 19.3 Å². The minimum atomic E-state index is -0.0935. The molecule has 0 saturated heterocycles. The van der Waals surface area contributed by atoms with Crippen molar-refractivity contribution in [2.24, 2.45) is 0 Å². The normalized spacial score (nSPS) is 16.8. The molecule has 1 saturated carbocycles. The number of aliphatic hydroxyl groups is 1. The number of furan rings is 1. The van der Waals surface area contributed by atoms with E-state index in [4.69, 9.17) is 9.52 Å². The van der Waals surface area contributed by atoms with E-state index in [1.54, 1.807) is 17.0 Å². The summed E-state index contributed by atoms with van der Waals surface area (Å²) in [4.78, 5) is 14.1. The van der Waals surface area contributed by atoms with Crippen LogP contribution in [0, 0.1) is 6.92 Å². The van der Waals surface area contributed by atoms with Crippen LogP contribution in [0.4, 0.5) is 0 Å². The summed E-state index contributed by atoms with van der Waals surface area (Å²) < 4.78 is 5.39. The molecule has 4 nitrogen and oxygen atoms in total. The number of aliphatic hydroxyl groups excluding tert-OH is 1. The third kappa shape index (κ3) is 2.93. The predicted molar refractivity (Wildman–Crippen MR) is 68.4 cm³/mol. The van der Waals surface area contributed by atoms with Gasteiger partial charge in [0, 0.05) is 12.6 Å². The van der Waals surface area contributed by atoms with Crippen molar-refractivity contribution >= 4 is 5.91 Å². The minimum Gasteiger partial charge on any atom is -0.456 e. The predicted octanol–water partition coefficient (Wildman–Crippen LogP) is 2.36. The van der Waals surface area contributed by atoms with Gasteiger partial charge in [-0.3, -0.25) is 4.79 Å². The summed E-state index contributed by atoms with van der Waals surface area (Å²) >= 11 is 0. The second kappa shape index (κ2) is 6.05. The first-order valence-electron chi connectivity index (χ1n) is 6.70. The van der Waals surface area contributed by atoms with Crippen LogP contribution in [0.2, 0.25) is 0 Å². The molecule has 0 radical (unpaired) electrons. The van der Waals surface area contributed by atoms with E-state index in [1.807, 2.05) is 6.92 Å². The molecular formula is C14H21NO3. The highest BCUT2D eigenvalue weighted by molar-refractivity contribution is 5.91. The van der Waals surface area contributed by atoms with Crippen molar-refractivity contribution in [1.82, 2.24) is 4.90 Å². The lowest BCUT2D eigenvalue weighted by Crippen LogP contribution is -2.43. The second-order valence-electron chi connectivity index (χ2n) is 4.92. The van der Waals surface area contributed by atoms with Gasteiger partial charge in [-0.2, -0.15) is 0 Å². The SMILES string of the molecule is Cc1ccc(C(=O)N(CCO)C2CCCCC2)o1. The van der Waals surface area contributed by atoms with Gasteiger partial charge < -0.3 is 14.4 Å². The first-order chi connectivity index (χ1) is 8.72. The van der Waals surface area contributed by atoms with Gasteiger partial charge in [-0.15, -0.1) is 0 Å². The maximum atomic E-state index is 12.4. The molecule has 0 spiro atoms. The lowest BCUT2D eigenvalue weighted by Gasteiger charge is -2.33. The average molecular weight is 251 g/mol. The molecule has 1 aliphatic rings. The minimum absolute atomic E-state index is 0.00192. The highest BCUT2D eigenvalue weighted by Crippen LogP contribution is 2.24. The summed E-state index contributed by atoms with van der Waals surface area (Å²) in [5.74, 6) is 1.03. The van der Waals surface area contributed by atoms with Crippen molar-refractivity contribution in [3.8, 4) is 0 Å². The Kier molecular flexibility index (Phi) is 4.42. The van der Waals surface area contributed by atoms with Gasteiger partial charge in [-0.25, -0.2) is 0 Å². The molecule has 0 unspecified atom stereocenters. The molecule has 1 fully saturated rings. The highest BCUT2D eigenvalue weighted by atomic mass is 16.3. The summed E-state index contributed by atoms with van der Waals surface area (Å²) in [5, 5.41) is 9.14. The van der Waals surface area contributed by atoms with Crippen molar-refractivity contribution in [2.45, 2.75) is 45.1 Å². The Morgan fingerprint density at radius 1 is 1.39 bits per heavy atom. The number of hydrogen-bond donors (Lipinski definition) is 1. The standard InChI is InChI=1S/C14H21NO3/c1-11-7-8-13(18-11)14(17)15(9-10-16)12-5-3-2-4-6-12/h7-8,12,16H,2-6,9-10H2,1H3. The summed E-state index contributed by atoms with van der Waals surface area (Å²) in [6.45, 7) is 2.22. The van der Waals surface area contributed by atoms with E-state index < -0.39 is 0 Å². The number of nitrogens with zero attached hydrogens (tertiary/aromatic N) is 1. The summed E-state index contributed by atoms with van der Waals surface area (Å²) in [5.41, 5.74) is 0. The first-order valence-corrected chi connectivity index (χ1v) is 6.70. The molecule has 0 aromatic carbocycles. The quantitative estimate of drug-likeness (QED) is 0.893. The molecule has 1 heterocycles. The van der Waals surface area contributed by atoms with E-state index in [2.05, 4.69) is 0 Å². The lowest BCUT2D eigenvalue weighted by molar-refractivity contribution is 0.0552. The largest absolute Gasteiger partial charge is 0.456 e. The Morgan fingerprint density at radius 2 is 2.11 bits per heavy atom. The van der Waals surface area contributed by atoms with Crippen molar-refractivity contribution in [3.05, 3.63) is 23.7 Å². The monoisotopic (exact) mass is 251 g/mol. The van der Waals surface area contributed by atoms with Crippen LogP contribution in [-0.4, -0.2) is 35.1 Å². The Hall–Kier alpha value is -1.29. The van der Waals surface area contributed by atoms with Crippen LogP contribution in [0.15, 0.2) is 16.5 Å². The molecule has 1 aliphatic carbocycles. The van der Waals surface area contributed by atoms with Gasteiger partial charge in [0.1, 0.15) is 5.76 Å². The van der Waals surface area contributed by atoms with Crippen molar-refractivity contribution in [1.29, 1.82) is 0 Å². The Balaban J connectivity index is 2.10. The van der Waals surface area contributed by atoms with Gasteiger partial charge in [-0.05, 0) is 31.9 Å². The van der Waals surface area contributed by atoms with Crippen LogP contribution >= 0.6 is 0 Å². The third-order valence-electron chi connectivity index (χ3n) is 3.57. The molecule has 0 aliphatic heterocycles. The Labute approximate surface area is 108 Å². The van der Waals surface area contributed by atoms with Crippen LogP contribution in [0.3, 0.4) is 0 Å². The number of carbonyl (C=O) groups excluding carboxylic acids is 1. The molecule has 0 bridgehead atoms. The van der Waals surface area contributed by atoms with E-state index in [0.717, 1.165) is 31.4 Å². The summed E-state index contributed by atoms with van der Waals surface area (Å²) in [6, 6.07) is 3.76. The molecular weight excluding hydrogens is 230 g/mol. The van der Waals surface area contributed by atoms with E-state index in [-0.39, 0.29) is 18.6 Å². The van der Waals surface area contributed by atoms with Gasteiger partial charge in [0.2, 0.25) is 0 Å².